The van der Waals surface area contributed by atoms with Gasteiger partial charge in [-0.05, 0) is 35.7 Å². The van der Waals surface area contributed by atoms with Crippen LogP contribution in [0.25, 0.3) is 0 Å². The van der Waals surface area contributed by atoms with Gasteiger partial charge in [0.05, 0.1) is 6.04 Å². The SMILES string of the molecule is C=CCC(NC(=O)NC(C)c1ccsc1)C(=O)O. The van der Waals surface area contributed by atoms with Gasteiger partial charge in [-0.1, -0.05) is 6.08 Å². The van der Waals surface area contributed by atoms with Crippen molar-refractivity contribution in [2.24, 2.45) is 0 Å². The van der Waals surface area contributed by atoms with Gasteiger partial charge in [0.25, 0.3) is 0 Å². The van der Waals surface area contributed by atoms with E-state index >= 15 is 0 Å². The number of urea groups is 1. The van der Waals surface area contributed by atoms with Gasteiger partial charge in [0.2, 0.25) is 0 Å². The number of hydrogen-bond acceptors (Lipinski definition) is 3. The number of aliphatic carboxylic acids is 1. The molecule has 0 aliphatic carbocycles. The van der Waals surface area contributed by atoms with Crippen LogP contribution < -0.4 is 10.6 Å². The molecule has 0 aromatic carbocycles. The fourth-order valence-electron chi connectivity index (χ4n) is 1.39. The zero-order chi connectivity index (χ0) is 13.5. The molecule has 1 rings (SSSR count). The van der Waals surface area contributed by atoms with E-state index in [0.29, 0.717) is 0 Å². The van der Waals surface area contributed by atoms with Crippen molar-refractivity contribution in [3.63, 3.8) is 0 Å². The Hall–Kier alpha value is -1.82. The molecule has 2 amide bonds. The van der Waals surface area contributed by atoms with Gasteiger partial charge in [-0.25, -0.2) is 9.59 Å². The van der Waals surface area contributed by atoms with Gasteiger partial charge < -0.3 is 15.7 Å². The summed E-state index contributed by atoms with van der Waals surface area (Å²) in [4.78, 5) is 22.5. The lowest BCUT2D eigenvalue weighted by Gasteiger charge is -2.17. The summed E-state index contributed by atoms with van der Waals surface area (Å²) < 4.78 is 0. The maximum atomic E-state index is 11.6. The van der Waals surface area contributed by atoms with Crippen LogP contribution in [0.2, 0.25) is 0 Å². The number of carbonyl (C=O) groups excluding carboxylic acids is 1. The smallest absolute Gasteiger partial charge is 0.326 e. The van der Waals surface area contributed by atoms with Crippen molar-refractivity contribution in [2.75, 3.05) is 0 Å². The summed E-state index contributed by atoms with van der Waals surface area (Å²) >= 11 is 1.54. The Morgan fingerprint density at radius 1 is 1.56 bits per heavy atom. The van der Waals surface area contributed by atoms with E-state index in [1.54, 1.807) is 11.3 Å². The van der Waals surface area contributed by atoms with E-state index in [-0.39, 0.29) is 12.5 Å². The predicted molar refractivity (Wildman–Crippen MR) is 70.6 cm³/mol. The number of carboxylic acids is 1. The molecule has 6 heteroatoms. The summed E-state index contributed by atoms with van der Waals surface area (Å²) in [6.07, 6.45) is 1.65. The average Bonchev–Trinajstić information content (AvgIpc) is 2.81. The van der Waals surface area contributed by atoms with Crippen molar-refractivity contribution in [1.82, 2.24) is 10.6 Å². The van der Waals surface area contributed by atoms with E-state index in [0.717, 1.165) is 5.56 Å². The maximum Gasteiger partial charge on any atom is 0.326 e. The first-order valence-electron chi connectivity index (χ1n) is 5.47. The third-order valence-electron chi connectivity index (χ3n) is 2.40. The summed E-state index contributed by atoms with van der Waals surface area (Å²) in [5.41, 5.74) is 0.991. The Morgan fingerprint density at radius 2 is 2.28 bits per heavy atom. The van der Waals surface area contributed by atoms with Gasteiger partial charge >= 0.3 is 12.0 Å². The standard InChI is InChI=1S/C12H16N2O3S/c1-3-4-10(11(15)16)14-12(17)13-8(2)9-5-6-18-7-9/h3,5-8,10H,1,4H2,2H3,(H,15,16)(H2,13,14,17). The number of carbonyl (C=O) groups is 2. The third kappa shape index (κ3) is 4.21. The van der Waals surface area contributed by atoms with E-state index in [1.165, 1.54) is 6.08 Å². The lowest BCUT2D eigenvalue weighted by atomic mass is 10.2. The summed E-state index contributed by atoms with van der Waals surface area (Å²) in [5.74, 6) is -1.08. The number of nitrogens with one attached hydrogen (secondary N) is 2. The second kappa shape index (κ2) is 6.80. The molecule has 18 heavy (non-hydrogen) atoms. The van der Waals surface area contributed by atoms with E-state index in [1.807, 2.05) is 23.8 Å². The fraction of sp³-hybridized carbons (Fsp3) is 0.333. The highest BCUT2D eigenvalue weighted by Crippen LogP contribution is 2.15. The molecule has 1 heterocycles. The first kappa shape index (κ1) is 14.2. The van der Waals surface area contributed by atoms with Crippen LogP contribution in [0, 0.1) is 0 Å². The molecule has 0 aliphatic heterocycles. The van der Waals surface area contributed by atoms with Crippen molar-refractivity contribution in [3.05, 3.63) is 35.0 Å². The highest BCUT2D eigenvalue weighted by Gasteiger charge is 2.19. The van der Waals surface area contributed by atoms with Crippen LogP contribution >= 0.6 is 11.3 Å². The molecule has 1 aromatic heterocycles. The first-order chi connectivity index (χ1) is 8.54. The number of carboxylic acid groups (broad SMARTS) is 1. The van der Waals surface area contributed by atoms with Crippen LogP contribution in [-0.4, -0.2) is 23.1 Å². The zero-order valence-corrected chi connectivity index (χ0v) is 10.9. The highest BCUT2D eigenvalue weighted by molar-refractivity contribution is 7.07. The van der Waals surface area contributed by atoms with Crippen molar-refractivity contribution >= 4 is 23.3 Å². The van der Waals surface area contributed by atoms with Crippen molar-refractivity contribution < 1.29 is 14.7 Å². The number of rotatable bonds is 6. The molecule has 98 valence electrons. The highest BCUT2D eigenvalue weighted by atomic mass is 32.1. The van der Waals surface area contributed by atoms with Gasteiger partial charge in [-0.2, -0.15) is 11.3 Å². The van der Waals surface area contributed by atoms with Crippen LogP contribution in [0.15, 0.2) is 29.5 Å². The second-order valence-electron chi connectivity index (χ2n) is 3.81. The number of amides is 2. The van der Waals surface area contributed by atoms with E-state index < -0.39 is 18.0 Å². The van der Waals surface area contributed by atoms with Crippen LogP contribution in [0.4, 0.5) is 4.79 Å². The van der Waals surface area contributed by atoms with Crippen LogP contribution in [0.5, 0.6) is 0 Å². The van der Waals surface area contributed by atoms with Gasteiger partial charge in [0, 0.05) is 0 Å². The molecule has 0 aliphatic rings. The van der Waals surface area contributed by atoms with Gasteiger partial charge in [0.15, 0.2) is 0 Å². The molecule has 3 N–H and O–H groups in total. The molecule has 2 unspecified atom stereocenters. The summed E-state index contributed by atoms with van der Waals surface area (Å²) in [5, 5.41) is 17.8. The maximum absolute atomic E-state index is 11.6. The molecular formula is C12H16N2O3S. The Balaban J connectivity index is 2.50. The van der Waals surface area contributed by atoms with E-state index in [9.17, 15) is 9.59 Å². The minimum atomic E-state index is -1.08. The molecular weight excluding hydrogens is 252 g/mol. The fourth-order valence-corrected chi connectivity index (χ4v) is 2.14. The van der Waals surface area contributed by atoms with Crippen LogP contribution in [0.3, 0.4) is 0 Å². The Bertz CT molecular complexity index is 417. The minimum Gasteiger partial charge on any atom is -0.480 e. The average molecular weight is 268 g/mol. The molecule has 0 saturated heterocycles. The van der Waals surface area contributed by atoms with E-state index in [2.05, 4.69) is 17.2 Å². The molecule has 0 spiro atoms. The number of thiophene rings is 1. The second-order valence-corrected chi connectivity index (χ2v) is 4.59. The Morgan fingerprint density at radius 3 is 2.78 bits per heavy atom. The quantitative estimate of drug-likeness (QED) is 0.692. The Kier molecular flexibility index (Phi) is 5.38. The van der Waals surface area contributed by atoms with Gasteiger partial charge in [0.1, 0.15) is 6.04 Å². The van der Waals surface area contributed by atoms with Gasteiger partial charge in [-0.15, -0.1) is 6.58 Å². The monoisotopic (exact) mass is 268 g/mol. The van der Waals surface area contributed by atoms with Crippen molar-refractivity contribution in [3.8, 4) is 0 Å². The van der Waals surface area contributed by atoms with Crippen molar-refractivity contribution in [2.45, 2.75) is 25.4 Å². The van der Waals surface area contributed by atoms with E-state index in [4.69, 9.17) is 5.11 Å². The summed E-state index contributed by atoms with van der Waals surface area (Å²) in [6, 6.07) is 0.308. The zero-order valence-electron chi connectivity index (χ0n) is 10.1. The predicted octanol–water partition coefficient (Wildman–Crippen LogP) is 2.14. The molecule has 2 atom stereocenters. The molecule has 0 saturated carbocycles. The number of hydrogen-bond donors (Lipinski definition) is 3. The molecule has 0 fully saturated rings. The lowest BCUT2D eigenvalue weighted by molar-refractivity contribution is -0.139. The van der Waals surface area contributed by atoms with Crippen LogP contribution in [-0.2, 0) is 4.79 Å². The minimum absolute atomic E-state index is 0.158. The largest absolute Gasteiger partial charge is 0.480 e. The first-order valence-corrected chi connectivity index (χ1v) is 6.41. The lowest BCUT2D eigenvalue weighted by Crippen LogP contribution is -2.46. The van der Waals surface area contributed by atoms with Gasteiger partial charge in [-0.3, -0.25) is 0 Å². The van der Waals surface area contributed by atoms with Crippen molar-refractivity contribution in [1.29, 1.82) is 0 Å². The molecule has 0 radical (unpaired) electrons. The third-order valence-corrected chi connectivity index (χ3v) is 3.10. The molecule has 1 aromatic rings. The molecule has 5 nitrogen and oxygen atoms in total. The normalized spacial score (nSPS) is 13.4. The molecule has 0 bridgehead atoms. The Labute approximate surface area is 110 Å². The summed E-state index contributed by atoms with van der Waals surface area (Å²) in [6.45, 7) is 5.30. The van der Waals surface area contributed by atoms with Crippen LogP contribution in [0.1, 0.15) is 24.9 Å². The summed E-state index contributed by atoms with van der Waals surface area (Å²) in [7, 11) is 0. The topological polar surface area (TPSA) is 78.4 Å².